The van der Waals surface area contributed by atoms with E-state index < -0.39 is 10.1 Å². The Bertz CT molecular complexity index is 1930. The van der Waals surface area contributed by atoms with Gasteiger partial charge in [-0.25, -0.2) is 0 Å². The van der Waals surface area contributed by atoms with Crippen LogP contribution in [0.25, 0.3) is 21.9 Å². The van der Waals surface area contributed by atoms with Crippen molar-refractivity contribution in [1.29, 1.82) is 0 Å². The summed E-state index contributed by atoms with van der Waals surface area (Å²) >= 11 is 0. The van der Waals surface area contributed by atoms with E-state index in [9.17, 15) is 8.42 Å². The van der Waals surface area contributed by atoms with Gasteiger partial charge in [0.05, 0.1) is 11.5 Å². The topological polar surface area (TPSA) is 74.3 Å². The number of hydrogen-bond donors (Lipinski definition) is 0. The number of likely N-dealkylation sites (tertiary alicyclic amines) is 1. The van der Waals surface area contributed by atoms with Crippen LogP contribution >= 0.6 is 0 Å². The van der Waals surface area contributed by atoms with Crippen LogP contribution in [0, 0.1) is 5.41 Å². The minimum atomic E-state index is -3.89. The third-order valence-electron chi connectivity index (χ3n) is 8.46. The average Bonchev–Trinajstić information content (AvgIpc) is 3.11. The molecular weight excluding hydrogens is 635 g/mol. The van der Waals surface area contributed by atoms with Crippen molar-refractivity contribution in [2.45, 2.75) is 51.5 Å². The van der Waals surface area contributed by atoms with Crippen molar-refractivity contribution in [1.82, 2.24) is 4.90 Å². The molecule has 0 amide bonds. The highest BCUT2D eigenvalue weighted by Gasteiger charge is 2.21. The van der Waals surface area contributed by atoms with Gasteiger partial charge in [0.2, 0.25) is 0 Å². The fourth-order valence-corrected chi connectivity index (χ4v) is 6.88. The molecule has 0 bridgehead atoms. The van der Waals surface area contributed by atoms with Gasteiger partial charge < -0.3 is 14.2 Å². The molecule has 8 heteroatoms. The fraction of sp³-hybridized carbons (Fsp3) is 0.317. The summed E-state index contributed by atoms with van der Waals surface area (Å²) in [6.45, 7) is 10.2. The molecule has 6 rings (SSSR count). The van der Waals surface area contributed by atoms with Crippen molar-refractivity contribution in [3.8, 4) is 34.1 Å². The number of fused-ring (bicyclic) bond motifs is 1. The van der Waals surface area contributed by atoms with E-state index in [1.54, 1.807) is 24.3 Å². The summed E-state index contributed by atoms with van der Waals surface area (Å²) in [4.78, 5) is 2.57. The molecule has 0 aliphatic carbocycles. The van der Waals surface area contributed by atoms with E-state index in [1.165, 1.54) is 19.3 Å². The number of ether oxygens (including phenoxy) is 3. The Labute approximate surface area is 290 Å². The first-order chi connectivity index (χ1) is 23.6. The van der Waals surface area contributed by atoms with Gasteiger partial charge >= 0.3 is 0 Å². The lowest BCUT2D eigenvalue weighted by Crippen LogP contribution is -2.33. The first kappa shape index (κ1) is 34.5. The van der Waals surface area contributed by atoms with Gasteiger partial charge in [-0.15, -0.1) is 0 Å². The van der Waals surface area contributed by atoms with E-state index in [4.69, 9.17) is 18.4 Å². The Hall–Kier alpha value is -4.37. The molecule has 0 N–H and O–H groups in total. The second-order valence-corrected chi connectivity index (χ2v) is 15.3. The Morgan fingerprint density at radius 3 is 2.12 bits per heavy atom. The molecule has 0 saturated carbocycles. The Balaban J connectivity index is 1.25. The zero-order valence-corrected chi connectivity index (χ0v) is 29.4. The summed E-state index contributed by atoms with van der Waals surface area (Å²) in [5.41, 5.74) is 2.45. The van der Waals surface area contributed by atoms with Crippen LogP contribution in [0.15, 0.2) is 114 Å². The molecule has 0 aromatic heterocycles. The van der Waals surface area contributed by atoms with Crippen LogP contribution in [0.5, 0.6) is 23.0 Å². The number of rotatable bonds is 13. The number of benzene rings is 5. The van der Waals surface area contributed by atoms with Gasteiger partial charge in [0, 0.05) is 17.5 Å². The molecule has 5 aromatic carbocycles. The van der Waals surface area contributed by atoms with Gasteiger partial charge in [-0.3, -0.25) is 9.08 Å². The minimum absolute atomic E-state index is 0.0963. The molecule has 1 fully saturated rings. The Kier molecular flexibility index (Phi) is 10.9. The molecule has 256 valence electrons. The SMILES string of the molecule is CC(C)(C)COS(=O)(=O)c1ccc(-c2ccc3cc(OCc4ccccc4)ccc3c2Oc2ccc(OCCN3CCCCC3)cc2)cc1. The van der Waals surface area contributed by atoms with Gasteiger partial charge in [-0.1, -0.05) is 75.7 Å². The molecule has 0 spiro atoms. The average molecular weight is 680 g/mol. The maximum atomic E-state index is 12.9. The van der Waals surface area contributed by atoms with Gasteiger partial charge in [-0.2, -0.15) is 8.42 Å². The molecule has 0 radical (unpaired) electrons. The van der Waals surface area contributed by atoms with Crippen LogP contribution in [0.2, 0.25) is 0 Å². The van der Waals surface area contributed by atoms with E-state index in [-0.39, 0.29) is 16.9 Å². The fourth-order valence-electron chi connectivity index (χ4n) is 5.77. The molecule has 0 atom stereocenters. The highest BCUT2D eigenvalue weighted by molar-refractivity contribution is 7.86. The van der Waals surface area contributed by atoms with E-state index in [0.29, 0.717) is 24.7 Å². The van der Waals surface area contributed by atoms with Crippen molar-refractivity contribution in [2.24, 2.45) is 5.41 Å². The molecule has 0 unspecified atom stereocenters. The molecular formula is C41H45NO6S. The third kappa shape index (κ3) is 9.41. The predicted molar refractivity (Wildman–Crippen MR) is 195 cm³/mol. The smallest absolute Gasteiger partial charge is 0.296 e. The van der Waals surface area contributed by atoms with Gasteiger partial charge in [-0.05, 0) is 109 Å². The first-order valence-corrected chi connectivity index (χ1v) is 18.4. The molecule has 5 aromatic rings. The van der Waals surface area contributed by atoms with Crippen LogP contribution in [0.1, 0.15) is 45.6 Å². The van der Waals surface area contributed by atoms with Crippen LogP contribution < -0.4 is 14.2 Å². The maximum absolute atomic E-state index is 12.9. The van der Waals surface area contributed by atoms with E-state index >= 15 is 0 Å². The van der Waals surface area contributed by atoms with Crippen LogP contribution in [0.3, 0.4) is 0 Å². The largest absolute Gasteiger partial charge is 0.492 e. The van der Waals surface area contributed by atoms with Gasteiger partial charge in [0.25, 0.3) is 10.1 Å². The monoisotopic (exact) mass is 679 g/mol. The van der Waals surface area contributed by atoms with Crippen LogP contribution in [-0.2, 0) is 20.9 Å². The molecule has 1 aliphatic heterocycles. The number of hydrogen-bond acceptors (Lipinski definition) is 7. The highest BCUT2D eigenvalue weighted by Crippen LogP contribution is 2.41. The summed E-state index contributed by atoms with van der Waals surface area (Å²) in [7, 11) is -3.89. The summed E-state index contributed by atoms with van der Waals surface area (Å²) in [6.07, 6.45) is 3.85. The van der Waals surface area contributed by atoms with E-state index in [2.05, 4.69) is 4.90 Å². The minimum Gasteiger partial charge on any atom is -0.492 e. The van der Waals surface area contributed by atoms with Crippen LogP contribution in [-0.4, -0.2) is 46.2 Å². The lowest BCUT2D eigenvalue weighted by Gasteiger charge is -2.26. The first-order valence-electron chi connectivity index (χ1n) is 17.0. The maximum Gasteiger partial charge on any atom is 0.296 e. The number of piperidine rings is 1. The Morgan fingerprint density at radius 2 is 1.41 bits per heavy atom. The zero-order chi connectivity index (χ0) is 34.3. The molecule has 7 nitrogen and oxygen atoms in total. The van der Waals surface area contributed by atoms with E-state index in [0.717, 1.165) is 58.6 Å². The highest BCUT2D eigenvalue weighted by atomic mass is 32.2. The normalized spacial score (nSPS) is 14.1. The number of nitrogens with zero attached hydrogens (tertiary/aromatic N) is 1. The lowest BCUT2D eigenvalue weighted by atomic mass is 9.99. The second-order valence-electron chi connectivity index (χ2n) is 13.7. The van der Waals surface area contributed by atoms with Gasteiger partial charge in [0.15, 0.2) is 0 Å². The van der Waals surface area contributed by atoms with E-state index in [1.807, 2.05) is 106 Å². The molecule has 1 saturated heterocycles. The predicted octanol–water partition coefficient (Wildman–Crippen LogP) is 9.49. The third-order valence-corrected chi connectivity index (χ3v) is 9.74. The molecule has 1 heterocycles. The molecule has 49 heavy (non-hydrogen) atoms. The summed E-state index contributed by atoms with van der Waals surface area (Å²) in [5, 5.41) is 1.85. The standard InChI is InChI=1S/C41H45NO6S/c1-41(2,3)30-47-49(43,44)37-20-12-32(13-21-37)38-22-14-33-28-36(46-29-31-10-6-4-7-11-31)19-23-39(33)40(38)48-35-17-15-34(16-18-35)45-27-26-42-24-8-5-9-25-42/h4,6-7,10-23,28H,5,8-9,24-27,29-30H2,1-3H3. The Morgan fingerprint density at radius 1 is 0.714 bits per heavy atom. The zero-order valence-electron chi connectivity index (χ0n) is 28.6. The summed E-state index contributed by atoms with van der Waals surface area (Å²) in [5.74, 6) is 2.88. The quantitative estimate of drug-likeness (QED) is 0.115. The van der Waals surface area contributed by atoms with Crippen LogP contribution in [0.4, 0.5) is 0 Å². The molecule has 1 aliphatic rings. The van der Waals surface area contributed by atoms with Crippen molar-refractivity contribution in [3.05, 3.63) is 115 Å². The second kappa shape index (κ2) is 15.5. The van der Waals surface area contributed by atoms with Crippen molar-refractivity contribution in [2.75, 3.05) is 32.8 Å². The van der Waals surface area contributed by atoms with Gasteiger partial charge in [0.1, 0.15) is 36.2 Å². The van der Waals surface area contributed by atoms with Crippen molar-refractivity contribution >= 4 is 20.9 Å². The lowest BCUT2D eigenvalue weighted by molar-refractivity contribution is 0.183. The summed E-state index contributed by atoms with van der Waals surface area (Å²) < 4.78 is 49.9. The van der Waals surface area contributed by atoms with Crippen molar-refractivity contribution < 1.29 is 26.8 Å². The van der Waals surface area contributed by atoms with Crippen molar-refractivity contribution in [3.63, 3.8) is 0 Å². The summed E-state index contributed by atoms with van der Waals surface area (Å²) in [6, 6.07) is 34.5.